The third kappa shape index (κ3) is 4.92. The second-order valence-corrected chi connectivity index (χ2v) is 9.46. The van der Waals surface area contributed by atoms with Crippen LogP contribution < -0.4 is 20.3 Å². The molecule has 1 atom stereocenters. The summed E-state index contributed by atoms with van der Waals surface area (Å²) in [6.45, 7) is 7.90. The van der Waals surface area contributed by atoms with E-state index >= 15 is 0 Å². The van der Waals surface area contributed by atoms with E-state index in [-0.39, 0.29) is 11.6 Å². The number of hydrogen-bond acceptors (Lipinski definition) is 9. The van der Waals surface area contributed by atoms with Gasteiger partial charge in [0.25, 0.3) is 0 Å². The highest BCUT2D eigenvalue weighted by molar-refractivity contribution is 8.15. The van der Waals surface area contributed by atoms with E-state index in [1.54, 1.807) is 12.1 Å². The van der Waals surface area contributed by atoms with Crippen molar-refractivity contribution in [1.82, 2.24) is 5.32 Å². The summed E-state index contributed by atoms with van der Waals surface area (Å²) in [6, 6.07) is 3.57. The Bertz CT molecular complexity index is 939. The van der Waals surface area contributed by atoms with Crippen molar-refractivity contribution in [3.05, 3.63) is 17.7 Å². The molecule has 1 unspecified atom stereocenters. The predicted octanol–water partition coefficient (Wildman–Crippen LogP) is 1.40. The zero-order chi connectivity index (χ0) is 23.7. The molecule has 12 heteroatoms. The molecular weight excluding hydrogens is 437 g/mol. The molecule has 0 saturated carbocycles. The molecule has 32 heavy (non-hydrogen) atoms. The predicted molar refractivity (Wildman–Crippen MR) is 122 cm³/mol. The maximum atomic E-state index is 11.8. The number of carbonyl (C=O) groups is 2. The first-order valence-corrected chi connectivity index (χ1v) is 10.8. The summed E-state index contributed by atoms with van der Waals surface area (Å²) in [7, 11) is 2.45. The van der Waals surface area contributed by atoms with Gasteiger partial charge in [-0.25, -0.2) is 0 Å². The monoisotopic (exact) mass is 463 g/mol. The average Bonchev–Trinajstić information content (AvgIpc) is 3.15. The topological polar surface area (TPSA) is 128 Å². The largest absolute Gasteiger partial charge is 0.496 e. The van der Waals surface area contributed by atoms with Crippen LogP contribution in [0.3, 0.4) is 0 Å². The molecule has 2 aliphatic heterocycles. The quantitative estimate of drug-likeness (QED) is 0.353. The second-order valence-electron chi connectivity index (χ2n) is 8.27. The van der Waals surface area contributed by atoms with Crippen LogP contribution in [0.1, 0.15) is 39.7 Å². The number of benzene rings is 1. The smallest absolute Gasteiger partial charge is 0.495 e. The van der Waals surface area contributed by atoms with E-state index in [9.17, 15) is 9.59 Å². The van der Waals surface area contributed by atoms with Crippen molar-refractivity contribution in [2.45, 2.75) is 50.6 Å². The van der Waals surface area contributed by atoms with E-state index in [0.29, 0.717) is 17.1 Å². The van der Waals surface area contributed by atoms with Crippen molar-refractivity contribution in [2.24, 2.45) is 10.2 Å². The Kier molecular flexibility index (Phi) is 6.87. The van der Waals surface area contributed by atoms with Crippen LogP contribution >= 0.6 is 11.8 Å². The third-order valence-electron chi connectivity index (χ3n) is 5.56. The number of carboxylic acid groups (broad SMARTS) is 1. The SMILES string of the molecule is COc1cc(B2OC(C)(C)C(C)(C)O2)cc(OC)c1C=NN=C1NC(=O)C(CC(=O)O)S1. The minimum Gasteiger partial charge on any atom is -0.496 e. The second kappa shape index (κ2) is 9.12. The lowest BCUT2D eigenvalue weighted by atomic mass is 9.78. The summed E-state index contributed by atoms with van der Waals surface area (Å²) < 4.78 is 23.3. The van der Waals surface area contributed by atoms with Gasteiger partial charge >= 0.3 is 13.1 Å². The van der Waals surface area contributed by atoms with Crippen LogP contribution in [0, 0.1) is 0 Å². The lowest BCUT2D eigenvalue weighted by Crippen LogP contribution is -2.41. The Morgan fingerprint density at radius 3 is 2.28 bits per heavy atom. The van der Waals surface area contributed by atoms with Gasteiger partial charge in [-0.3, -0.25) is 9.59 Å². The van der Waals surface area contributed by atoms with Gasteiger partial charge in [0, 0.05) is 0 Å². The van der Waals surface area contributed by atoms with Gasteiger partial charge in [0.05, 0.1) is 43.6 Å². The molecule has 1 aromatic rings. The van der Waals surface area contributed by atoms with E-state index in [4.69, 9.17) is 23.9 Å². The lowest BCUT2D eigenvalue weighted by Gasteiger charge is -2.32. The van der Waals surface area contributed by atoms with Gasteiger partial charge in [0.15, 0.2) is 5.17 Å². The molecule has 0 bridgehead atoms. The lowest BCUT2D eigenvalue weighted by molar-refractivity contribution is -0.138. The van der Waals surface area contributed by atoms with Crippen molar-refractivity contribution < 1.29 is 33.5 Å². The Balaban J connectivity index is 1.83. The number of carbonyl (C=O) groups excluding carboxylic acids is 1. The van der Waals surface area contributed by atoms with Gasteiger partial charge in [0.2, 0.25) is 5.91 Å². The highest BCUT2D eigenvalue weighted by Gasteiger charge is 2.52. The van der Waals surface area contributed by atoms with Crippen LogP contribution in [0.4, 0.5) is 0 Å². The number of ether oxygens (including phenoxy) is 2. The highest BCUT2D eigenvalue weighted by Crippen LogP contribution is 2.37. The number of nitrogens with zero attached hydrogens (tertiary/aromatic N) is 2. The van der Waals surface area contributed by atoms with Crippen molar-refractivity contribution in [3.8, 4) is 11.5 Å². The Labute approximate surface area is 190 Å². The maximum absolute atomic E-state index is 11.8. The molecule has 0 radical (unpaired) electrons. The molecule has 2 N–H and O–H groups in total. The molecule has 10 nitrogen and oxygen atoms in total. The van der Waals surface area contributed by atoms with Crippen molar-refractivity contribution in [2.75, 3.05) is 14.2 Å². The fourth-order valence-electron chi connectivity index (χ4n) is 3.09. The summed E-state index contributed by atoms with van der Waals surface area (Å²) in [5, 5.41) is 18.9. The molecule has 2 aliphatic rings. The van der Waals surface area contributed by atoms with E-state index < -0.39 is 35.4 Å². The summed E-state index contributed by atoms with van der Waals surface area (Å²) in [6.07, 6.45) is 1.15. The molecule has 2 saturated heterocycles. The van der Waals surface area contributed by atoms with Crippen LogP contribution in [-0.2, 0) is 18.9 Å². The van der Waals surface area contributed by atoms with E-state index in [0.717, 1.165) is 17.2 Å². The first-order chi connectivity index (χ1) is 15.0. The number of methoxy groups -OCH3 is 2. The zero-order valence-corrected chi connectivity index (χ0v) is 19.6. The molecule has 2 fully saturated rings. The van der Waals surface area contributed by atoms with Crippen LogP contribution in [0.2, 0.25) is 0 Å². The van der Waals surface area contributed by atoms with E-state index in [1.165, 1.54) is 20.4 Å². The van der Waals surface area contributed by atoms with Crippen molar-refractivity contribution >= 4 is 47.6 Å². The number of nitrogens with one attached hydrogen (secondary N) is 1. The number of amidine groups is 1. The van der Waals surface area contributed by atoms with Gasteiger partial charge in [-0.15, -0.1) is 5.10 Å². The summed E-state index contributed by atoms with van der Waals surface area (Å²) >= 11 is 1.02. The van der Waals surface area contributed by atoms with Crippen LogP contribution in [0.15, 0.2) is 22.3 Å². The first-order valence-electron chi connectivity index (χ1n) is 9.89. The molecule has 172 valence electrons. The van der Waals surface area contributed by atoms with Crippen molar-refractivity contribution in [3.63, 3.8) is 0 Å². The number of rotatable bonds is 7. The van der Waals surface area contributed by atoms with Gasteiger partial charge in [-0.1, -0.05) is 11.8 Å². The number of carboxylic acids is 1. The standard InChI is InChI=1S/C20H26BN3O7S/c1-19(2)20(3,4)31-21(30-19)11-7-13(28-5)12(14(8-11)29-6)10-22-24-18-23-17(27)15(32-18)9-16(25)26/h7-8,10,15H,9H2,1-6H3,(H,25,26)(H,23,24,27). The van der Waals surface area contributed by atoms with E-state index in [2.05, 4.69) is 15.5 Å². The minimum atomic E-state index is -1.06. The van der Waals surface area contributed by atoms with Crippen LogP contribution in [0.5, 0.6) is 11.5 Å². The Morgan fingerprint density at radius 1 is 1.22 bits per heavy atom. The first kappa shape index (κ1) is 24.1. The Morgan fingerprint density at radius 2 is 1.78 bits per heavy atom. The molecule has 0 aliphatic carbocycles. The normalized spacial score (nSPS) is 23.1. The molecule has 0 aromatic heterocycles. The average molecular weight is 463 g/mol. The fraction of sp³-hybridized carbons (Fsp3) is 0.500. The third-order valence-corrected chi connectivity index (χ3v) is 6.64. The van der Waals surface area contributed by atoms with E-state index in [1.807, 2.05) is 27.7 Å². The summed E-state index contributed by atoms with van der Waals surface area (Å²) in [5.41, 5.74) is 0.291. The minimum absolute atomic E-state index is 0.226. The molecule has 1 amide bonds. The fourth-order valence-corrected chi connectivity index (χ4v) is 4.00. The number of amides is 1. The number of thioether (sulfide) groups is 1. The van der Waals surface area contributed by atoms with Gasteiger partial charge in [-0.05, 0) is 45.3 Å². The molecule has 1 aromatic carbocycles. The van der Waals surface area contributed by atoms with Gasteiger partial charge < -0.3 is 29.2 Å². The van der Waals surface area contributed by atoms with Gasteiger partial charge in [0.1, 0.15) is 16.7 Å². The molecule has 2 heterocycles. The Hall–Kier alpha value is -2.57. The molecular formula is C20H26BN3O7S. The van der Waals surface area contributed by atoms with Crippen LogP contribution in [-0.4, -0.2) is 66.2 Å². The summed E-state index contributed by atoms with van der Waals surface area (Å²) in [4.78, 5) is 22.7. The van der Waals surface area contributed by atoms with Gasteiger partial charge in [-0.2, -0.15) is 5.10 Å². The highest BCUT2D eigenvalue weighted by atomic mass is 32.2. The number of hydrogen-bond donors (Lipinski definition) is 2. The zero-order valence-electron chi connectivity index (χ0n) is 18.8. The maximum Gasteiger partial charge on any atom is 0.495 e. The van der Waals surface area contributed by atoms with Crippen molar-refractivity contribution in [1.29, 1.82) is 0 Å². The molecule has 3 rings (SSSR count). The number of aliphatic carboxylic acids is 1. The summed E-state index contributed by atoms with van der Waals surface area (Å²) in [5.74, 6) is -0.512. The van der Waals surface area contributed by atoms with Crippen LogP contribution in [0.25, 0.3) is 0 Å². The molecule has 0 spiro atoms.